The molecule has 0 radical (unpaired) electrons. The first kappa shape index (κ1) is 18.3. The topological polar surface area (TPSA) is 76.1 Å². The molecule has 1 aliphatic heterocycles. The van der Waals surface area contributed by atoms with Gasteiger partial charge in [-0.25, -0.2) is 0 Å². The van der Waals surface area contributed by atoms with Crippen LogP contribution in [0.3, 0.4) is 0 Å². The highest BCUT2D eigenvalue weighted by Gasteiger charge is 2.43. The van der Waals surface area contributed by atoms with Gasteiger partial charge in [-0.2, -0.15) is 0 Å². The van der Waals surface area contributed by atoms with Crippen molar-refractivity contribution in [3.05, 3.63) is 29.3 Å². The Hall–Kier alpha value is -2.08. The highest BCUT2D eigenvalue weighted by Crippen LogP contribution is 2.31. The minimum absolute atomic E-state index is 0.0889. The Bertz CT molecular complexity index is 591. The molecule has 0 saturated carbocycles. The van der Waals surface area contributed by atoms with E-state index in [9.17, 15) is 14.7 Å². The lowest BCUT2D eigenvalue weighted by molar-refractivity contribution is -0.159. The zero-order valence-corrected chi connectivity index (χ0v) is 14.5. The summed E-state index contributed by atoms with van der Waals surface area (Å²) in [5.41, 5.74) is 0.919. The van der Waals surface area contributed by atoms with Gasteiger partial charge in [0.25, 0.3) is 5.91 Å². The van der Waals surface area contributed by atoms with Crippen LogP contribution in [0.2, 0.25) is 0 Å². The molecule has 0 aliphatic carbocycles. The standard InChI is InChI=1S/C18H25NO5/c1-13-6-4-7-14(2)16(13)24-10-15(20)19-9-5-8-18(11-19,12-23-3)17(21)22/h4,6-7H,5,8-12H2,1-3H3,(H,21,22). The van der Waals surface area contributed by atoms with Crippen LogP contribution in [0, 0.1) is 19.3 Å². The number of hydrogen-bond donors (Lipinski definition) is 1. The summed E-state index contributed by atoms with van der Waals surface area (Å²) in [6, 6.07) is 5.80. The van der Waals surface area contributed by atoms with E-state index in [2.05, 4.69) is 0 Å². The Morgan fingerprint density at radius 1 is 1.29 bits per heavy atom. The normalized spacial score (nSPS) is 20.7. The van der Waals surface area contributed by atoms with E-state index in [1.807, 2.05) is 32.0 Å². The molecule has 0 bridgehead atoms. The molecule has 1 unspecified atom stereocenters. The van der Waals surface area contributed by atoms with Crippen LogP contribution in [0.15, 0.2) is 18.2 Å². The number of aliphatic carboxylic acids is 1. The van der Waals surface area contributed by atoms with Gasteiger partial charge in [0.1, 0.15) is 11.2 Å². The maximum atomic E-state index is 12.5. The fraction of sp³-hybridized carbons (Fsp3) is 0.556. The second-order valence-electron chi connectivity index (χ2n) is 6.45. The SMILES string of the molecule is COCC1(C(=O)O)CCCN(C(=O)COc2c(C)cccc2C)C1. The third kappa shape index (κ3) is 3.87. The zero-order valence-electron chi connectivity index (χ0n) is 14.5. The van der Waals surface area contributed by atoms with E-state index in [-0.39, 0.29) is 25.7 Å². The first-order valence-corrected chi connectivity index (χ1v) is 8.09. The van der Waals surface area contributed by atoms with Gasteiger partial charge in [-0.05, 0) is 37.8 Å². The van der Waals surface area contributed by atoms with Gasteiger partial charge in [-0.3, -0.25) is 9.59 Å². The van der Waals surface area contributed by atoms with E-state index < -0.39 is 11.4 Å². The lowest BCUT2D eigenvalue weighted by Crippen LogP contribution is -2.53. The van der Waals surface area contributed by atoms with Gasteiger partial charge >= 0.3 is 5.97 Å². The molecule has 1 heterocycles. The predicted octanol–water partition coefficient (Wildman–Crippen LogP) is 2.02. The molecule has 2 rings (SSSR count). The van der Waals surface area contributed by atoms with Crippen LogP contribution < -0.4 is 4.74 Å². The number of hydrogen-bond acceptors (Lipinski definition) is 4. The molecular weight excluding hydrogens is 310 g/mol. The van der Waals surface area contributed by atoms with Crippen LogP contribution >= 0.6 is 0 Å². The summed E-state index contributed by atoms with van der Waals surface area (Å²) in [6.07, 6.45) is 1.16. The minimum atomic E-state index is -1.03. The molecule has 1 amide bonds. The fourth-order valence-corrected chi connectivity index (χ4v) is 3.23. The monoisotopic (exact) mass is 335 g/mol. The van der Waals surface area contributed by atoms with Crippen LogP contribution in [0.1, 0.15) is 24.0 Å². The largest absolute Gasteiger partial charge is 0.483 e. The molecule has 0 aromatic heterocycles. The van der Waals surface area contributed by atoms with Gasteiger partial charge in [0.2, 0.25) is 0 Å². The molecule has 1 aromatic carbocycles. The van der Waals surface area contributed by atoms with Gasteiger partial charge in [0.15, 0.2) is 6.61 Å². The number of ether oxygens (including phenoxy) is 2. The number of carboxylic acids is 1. The number of benzene rings is 1. The first-order valence-electron chi connectivity index (χ1n) is 8.09. The summed E-state index contributed by atoms with van der Waals surface area (Å²) >= 11 is 0. The number of likely N-dealkylation sites (tertiary alicyclic amines) is 1. The fourth-order valence-electron chi connectivity index (χ4n) is 3.23. The maximum absolute atomic E-state index is 12.5. The van der Waals surface area contributed by atoms with Crippen molar-refractivity contribution in [2.75, 3.05) is 33.4 Å². The zero-order chi connectivity index (χ0) is 17.7. The Morgan fingerprint density at radius 2 is 1.96 bits per heavy atom. The Morgan fingerprint density at radius 3 is 2.54 bits per heavy atom. The van der Waals surface area contributed by atoms with Crippen LogP contribution in [0.5, 0.6) is 5.75 Å². The molecular formula is C18H25NO5. The van der Waals surface area contributed by atoms with Gasteiger partial charge in [0.05, 0.1) is 6.61 Å². The van der Waals surface area contributed by atoms with Crippen molar-refractivity contribution in [3.63, 3.8) is 0 Å². The van der Waals surface area contributed by atoms with Crippen molar-refractivity contribution >= 4 is 11.9 Å². The van der Waals surface area contributed by atoms with E-state index >= 15 is 0 Å². The molecule has 1 aliphatic rings. The van der Waals surface area contributed by atoms with Crippen LogP contribution in [-0.4, -0.2) is 55.3 Å². The predicted molar refractivity (Wildman–Crippen MR) is 89.2 cm³/mol. The molecule has 1 atom stereocenters. The number of para-hydroxylation sites is 1. The number of piperidine rings is 1. The number of nitrogens with zero attached hydrogens (tertiary/aromatic N) is 1. The van der Waals surface area contributed by atoms with Crippen molar-refractivity contribution < 1.29 is 24.2 Å². The number of carbonyl (C=O) groups excluding carboxylic acids is 1. The van der Waals surface area contributed by atoms with Crippen molar-refractivity contribution in [1.82, 2.24) is 4.90 Å². The summed E-state index contributed by atoms with van der Waals surface area (Å²) in [6.45, 7) is 4.58. The second kappa shape index (κ2) is 7.66. The Labute approximate surface area is 142 Å². The van der Waals surface area contributed by atoms with Gasteiger partial charge in [-0.15, -0.1) is 0 Å². The summed E-state index contributed by atoms with van der Waals surface area (Å²) < 4.78 is 10.8. The third-order valence-corrected chi connectivity index (χ3v) is 4.55. The molecule has 6 nitrogen and oxygen atoms in total. The van der Waals surface area contributed by atoms with Gasteiger partial charge in [-0.1, -0.05) is 18.2 Å². The summed E-state index contributed by atoms with van der Waals surface area (Å²) in [5, 5.41) is 9.55. The molecule has 1 N–H and O–H groups in total. The number of methoxy groups -OCH3 is 1. The molecule has 132 valence electrons. The number of rotatable bonds is 6. The molecule has 1 aromatic rings. The van der Waals surface area contributed by atoms with Gasteiger partial charge in [0, 0.05) is 20.2 Å². The van der Waals surface area contributed by atoms with E-state index in [0.717, 1.165) is 11.1 Å². The lowest BCUT2D eigenvalue weighted by Gasteiger charge is -2.39. The Kier molecular flexibility index (Phi) is 5.83. The quantitative estimate of drug-likeness (QED) is 0.861. The number of aryl methyl sites for hydroxylation is 2. The van der Waals surface area contributed by atoms with Crippen LogP contribution in [0.25, 0.3) is 0 Å². The maximum Gasteiger partial charge on any atom is 0.313 e. The summed E-state index contributed by atoms with van der Waals surface area (Å²) in [5.74, 6) is -0.402. The minimum Gasteiger partial charge on any atom is -0.483 e. The molecule has 6 heteroatoms. The lowest BCUT2D eigenvalue weighted by atomic mass is 9.80. The van der Waals surface area contributed by atoms with Crippen molar-refractivity contribution in [1.29, 1.82) is 0 Å². The molecule has 0 spiro atoms. The van der Waals surface area contributed by atoms with E-state index in [1.54, 1.807) is 4.90 Å². The highest BCUT2D eigenvalue weighted by molar-refractivity contribution is 5.80. The van der Waals surface area contributed by atoms with Crippen LogP contribution in [-0.2, 0) is 14.3 Å². The van der Waals surface area contributed by atoms with E-state index in [1.165, 1.54) is 7.11 Å². The average molecular weight is 335 g/mol. The smallest absolute Gasteiger partial charge is 0.313 e. The van der Waals surface area contributed by atoms with Crippen molar-refractivity contribution in [3.8, 4) is 5.75 Å². The highest BCUT2D eigenvalue weighted by atomic mass is 16.5. The third-order valence-electron chi connectivity index (χ3n) is 4.55. The van der Waals surface area contributed by atoms with E-state index in [0.29, 0.717) is 25.1 Å². The number of carbonyl (C=O) groups is 2. The number of carboxylic acid groups (broad SMARTS) is 1. The summed E-state index contributed by atoms with van der Waals surface area (Å²) in [7, 11) is 1.48. The molecule has 1 fully saturated rings. The van der Waals surface area contributed by atoms with Crippen molar-refractivity contribution in [2.24, 2.45) is 5.41 Å². The first-order chi connectivity index (χ1) is 11.4. The molecule has 1 saturated heterocycles. The van der Waals surface area contributed by atoms with E-state index in [4.69, 9.17) is 9.47 Å². The molecule has 24 heavy (non-hydrogen) atoms. The van der Waals surface area contributed by atoms with Crippen LogP contribution in [0.4, 0.5) is 0 Å². The van der Waals surface area contributed by atoms with Crippen molar-refractivity contribution in [2.45, 2.75) is 26.7 Å². The number of amides is 1. The second-order valence-corrected chi connectivity index (χ2v) is 6.45. The summed E-state index contributed by atoms with van der Waals surface area (Å²) in [4.78, 5) is 25.7. The van der Waals surface area contributed by atoms with Gasteiger partial charge < -0.3 is 19.5 Å². The average Bonchev–Trinajstić information content (AvgIpc) is 2.54. The Balaban J connectivity index is 2.03.